The average molecular weight is 257 g/mol. The summed E-state index contributed by atoms with van der Waals surface area (Å²) in [5.41, 5.74) is -0.313. The molecule has 1 rings (SSSR count). The summed E-state index contributed by atoms with van der Waals surface area (Å²) in [6, 6.07) is 3.22. The van der Waals surface area contributed by atoms with Crippen molar-refractivity contribution < 1.29 is 13.9 Å². The normalized spacial score (nSPS) is 16.7. The highest BCUT2D eigenvalue weighted by atomic mass is 19.1. The van der Waals surface area contributed by atoms with E-state index in [0.717, 1.165) is 6.07 Å². The highest BCUT2D eigenvalue weighted by molar-refractivity contribution is 5.20. The van der Waals surface area contributed by atoms with Crippen LogP contribution in [0.5, 0.6) is 0 Å². The molecule has 0 aliphatic rings. The van der Waals surface area contributed by atoms with E-state index in [0.29, 0.717) is 12.1 Å². The number of benzene rings is 1. The van der Waals surface area contributed by atoms with Crippen molar-refractivity contribution in [1.29, 1.82) is 0 Å². The summed E-state index contributed by atoms with van der Waals surface area (Å²) in [7, 11) is 0. The van der Waals surface area contributed by atoms with Gasteiger partial charge in [-0.1, -0.05) is 13.8 Å². The molecule has 2 atom stereocenters. The molecule has 0 amide bonds. The smallest absolute Gasteiger partial charge is 0.126 e. The molecule has 0 aromatic heterocycles. The quantitative estimate of drug-likeness (QED) is 0.850. The van der Waals surface area contributed by atoms with Crippen LogP contribution in [-0.2, 0) is 0 Å². The van der Waals surface area contributed by atoms with Crippen molar-refractivity contribution in [3.05, 3.63) is 35.4 Å². The molecule has 0 aliphatic heterocycles. The second-order valence-corrected chi connectivity index (χ2v) is 5.32. The minimum Gasteiger partial charge on any atom is -0.389 e. The Hall–Kier alpha value is -1.00. The van der Waals surface area contributed by atoms with Crippen molar-refractivity contribution in [2.75, 3.05) is 6.54 Å². The van der Waals surface area contributed by atoms with Gasteiger partial charge >= 0.3 is 0 Å². The maximum absolute atomic E-state index is 13.1. The predicted molar refractivity (Wildman–Crippen MR) is 68.2 cm³/mol. The summed E-state index contributed by atoms with van der Waals surface area (Å²) < 4.78 is 26.1. The molecule has 0 saturated heterocycles. The van der Waals surface area contributed by atoms with Crippen molar-refractivity contribution in [3.8, 4) is 0 Å². The lowest BCUT2D eigenvalue weighted by atomic mass is 9.92. The van der Waals surface area contributed by atoms with E-state index in [1.54, 1.807) is 6.92 Å². The minimum atomic E-state index is -0.847. The molecular weight excluding hydrogens is 236 g/mol. The summed E-state index contributed by atoms with van der Waals surface area (Å²) in [5.74, 6) is -1.08. The summed E-state index contributed by atoms with van der Waals surface area (Å²) in [5, 5.41) is 13.2. The van der Waals surface area contributed by atoms with Crippen molar-refractivity contribution in [1.82, 2.24) is 5.32 Å². The molecule has 0 saturated carbocycles. The van der Waals surface area contributed by atoms with E-state index in [1.165, 1.54) is 12.1 Å². The number of aliphatic hydroxyl groups is 1. The number of hydrogen-bond acceptors (Lipinski definition) is 2. The zero-order valence-electron chi connectivity index (χ0n) is 11.3. The Kier molecular flexibility index (Phi) is 4.82. The lowest BCUT2D eigenvalue weighted by Gasteiger charge is -2.29. The Balaban J connectivity index is 2.68. The molecular formula is C14H21F2NO. The van der Waals surface area contributed by atoms with E-state index in [4.69, 9.17) is 0 Å². The van der Waals surface area contributed by atoms with Crippen molar-refractivity contribution in [2.24, 2.45) is 5.92 Å². The molecule has 0 radical (unpaired) electrons. The number of rotatable bonds is 5. The van der Waals surface area contributed by atoms with Crippen molar-refractivity contribution >= 4 is 0 Å². The van der Waals surface area contributed by atoms with Crippen LogP contribution < -0.4 is 5.32 Å². The first-order chi connectivity index (χ1) is 8.22. The molecule has 0 fully saturated rings. The maximum atomic E-state index is 13.1. The Morgan fingerprint density at radius 1 is 1.17 bits per heavy atom. The van der Waals surface area contributed by atoms with E-state index < -0.39 is 17.2 Å². The Morgan fingerprint density at radius 3 is 2.11 bits per heavy atom. The van der Waals surface area contributed by atoms with Crippen LogP contribution in [0, 0.1) is 17.6 Å². The summed E-state index contributed by atoms with van der Waals surface area (Å²) in [6.45, 7) is 7.76. The Morgan fingerprint density at radius 2 is 1.67 bits per heavy atom. The summed E-state index contributed by atoms with van der Waals surface area (Å²) in [4.78, 5) is 0. The second kappa shape index (κ2) is 5.76. The highest BCUT2D eigenvalue weighted by Crippen LogP contribution is 2.19. The molecule has 102 valence electrons. The van der Waals surface area contributed by atoms with Crippen LogP contribution in [-0.4, -0.2) is 17.3 Å². The maximum Gasteiger partial charge on any atom is 0.126 e. The first-order valence-electron chi connectivity index (χ1n) is 6.14. The first kappa shape index (κ1) is 15.1. The van der Waals surface area contributed by atoms with Crippen molar-refractivity contribution in [3.63, 3.8) is 0 Å². The molecule has 2 unspecified atom stereocenters. The van der Waals surface area contributed by atoms with Gasteiger partial charge in [0, 0.05) is 18.7 Å². The first-order valence-corrected chi connectivity index (χ1v) is 6.14. The SMILES string of the molecule is CC(NCC(C)(O)C(C)C)c1cc(F)cc(F)c1. The molecule has 2 nitrogen and oxygen atoms in total. The van der Waals surface area contributed by atoms with Gasteiger partial charge in [0.15, 0.2) is 0 Å². The van der Waals surface area contributed by atoms with Gasteiger partial charge in [0.2, 0.25) is 0 Å². The van der Waals surface area contributed by atoms with Crippen molar-refractivity contribution in [2.45, 2.75) is 39.3 Å². The van der Waals surface area contributed by atoms with Gasteiger partial charge in [-0.05, 0) is 37.5 Å². The van der Waals surface area contributed by atoms with Crippen LogP contribution >= 0.6 is 0 Å². The summed E-state index contributed by atoms with van der Waals surface area (Å²) in [6.07, 6.45) is 0. The zero-order valence-corrected chi connectivity index (χ0v) is 11.3. The van der Waals surface area contributed by atoms with Crippen LogP contribution in [0.25, 0.3) is 0 Å². The predicted octanol–water partition coefficient (Wildman–Crippen LogP) is 3.02. The van der Waals surface area contributed by atoms with Crippen LogP contribution in [0.3, 0.4) is 0 Å². The van der Waals surface area contributed by atoms with E-state index >= 15 is 0 Å². The van der Waals surface area contributed by atoms with Gasteiger partial charge in [0.1, 0.15) is 11.6 Å². The van der Waals surface area contributed by atoms with E-state index in [2.05, 4.69) is 5.32 Å². The number of halogens is 2. The van der Waals surface area contributed by atoms with E-state index in [1.807, 2.05) is 20.8 Å². The topological polar surface area (TPSA) is 32.3 Å². The molecule has 0 spiro atoms. The number of hydrogen-bond donors (Lipinski definition) is 2. The van der Waals surface area contributed by atoms with Crippen LogP contribution in [0.2, 0.25) is 0 Å². The largest absolute Gasteiger partial charge is 0.389 e. The van der Waals surface area contributed by atoms with Crippen LogP contribution in [0.1, 0.15) is 39.3 Å². The fourth-order valence-corrected chi connectivity index (χ4v) is 1.51. The molecule has 4 heteroatoms. The van der Waals surface area contributed by atoms with Gasteiger partial charge in [-0.3, -0.25) is 0 Å². The zero-order chi connectivity index (χ0) is 13.9. The highest BCUT2D eigenvalue weighted by Gasteiger charge is 2.25. The van der Waals surface area contributed by atoms with Gasteiger partial charge in [0.05, 0.1) is 5.60 Å². The monoisotopic (exact) mass is 257 g/mol. The fraction of sp³-hybridized carbons (Fsp3) is 0.571. The Labute approximate surface area is 107 Å². The Bertz CT molecular complexity index is 385. The second-order valence-electron chi connectivity index (χ2n) is 5.32. The number of nitrogens with one attached hydrogen (secondary N) is 1. The lowest BCUT2D eigenvalue weighted by Crippen LogP contribution is -2.43. The van der Waals surface area contributed by atoms with Crippen LogP contribution in [0.15, 0.2) is 18.2 Å². The standard InChI is InChI=1S/C14H21F2NO/c1-9(2)14(4,18)8-17-10(3)11-5-12(15)7-13(16)6-11/h5-7,9-10,17-18H,8H2,1-4H3. The third-order valence-corrected chi connectivity index (χ3v) is 3.39. The van der Waals surface area contributed by atoms with E-state index in [-0.39, 0.29) is 12.0 Å². The third-order valence-electron chi connectivity index (χ3n) is 3.39. The van der Waals surface area contributed by atoms with Crippen LogP contribution in [0.4, 0.5) is 8.78 Å². The van der Waals surface area contributed by atoms with Gasteiger partial charge in [-0.15, -0.1) is 0 Å². The third kappa shape index (κ3) is 4.03. The molecule has 2 N–H and O–H groups in total. The lowest BCUT2D eigenvalue weighted by molar-refractivity contribution is 0.0122. The van der Waals surface area contributed by atoms with Gasteiger partial charge in [0.25, 0.3) is 0 Å². The summed E-state index contributed by atoms with van der Waals surface area (Å²) >= 11 is 0. The van der Waals surface area contributed by atoms with Gasteiger partial charge in [-0.25, -0.2) is 8.78 Å². The van der Waals surface area contributed by atoms with Gasteiger partial charge in [-0.2, -0.15) is 0 Å². The minimum absolute atomic E-state index is 0.0986. The average Bonchev–Trinajstić information content (AvgIpc) is 2.24. The molecule has 18 heavy (non-hydrogen) atoms. The van der Waals surface area contributed by atoms with Gasteiger partial charge < -0.3 is 10.4 Å². The molecule has 0 bridgehead atoms. The molecule has 0 aliphatic carbocycles. The fourth-order valence-electron chi connectivity index (χ4n) is 1.51. The molecule has 1 aromatic rings. The molecule has 0 heterocycles. The molecule has 1 aromatic carbocycles. The van der Waals surface area contributed by atoms with E-state index in [9.17, 15) is 13.9 Å².